The van der Waals surface area contributed by atoms with Gasteiger partial charge >= 0.3 is 0 Å². The summed E-state index contributed by atoms with van der Waals surface area (Å²) in [7, 11) is 3.78. The third kappa shape index (κ3) is 4.00. The Balaban J connectivity index is 1.53. The van der Waals surface area contributed by atoms with Gasteiger partial charge in [-0.2, -0.15) is 0 Å². The van der Waals surface area contributed by atoms with E-state index in [1.54, 1.807) is 13.2 Å². The molecule has 7 heteroatoms. The molecule has 1 aromatic heterocycles. The van der Waals surface area contributed by atoms with Crippen LogP contribution in [0.15, 0.2) is 41.7 Å². The Hall–Kier alpha value is -2.21. The molecule has 0 amide bonds. The highest BCUT2D eigenvalue weighted by molar-refractivity contribution is 6.30. The number of halogens is 1. The molecule has 2 N–H and O–H groups in total. The van der Waals surface area contributed by atoms with Crippen molar-refractivity contribution in [1.82, 2.24) is 20.2 Å². The Morgan fingerprint density at radius 1 is 1.46 bits per heavy atom. The van der Waals surface area contributed by atoms with Gasteiger partial charge in [0, 0.05) is 56.3 Å². The number of benzene rings is 1. The molecule has 2 aromatic rings. The predicted molar refractivity (Wildman–Crippen MR) is 98.6 cm³/mol. The highest BCUT2D eigenvalue weighted by Gasteiger charge is 2.23. The van der Waals surface area contributed by atoms with Gasteiger partial charge in [-0.3, -0.25) is 4.99 Å². The summed E-state index contributed by atoms with van der Waals surface area (Å²) < 4.78 is 2.00. The molecular weight excluding hydrogens is 324 g/mol. The molecule has 0 spiro atoms. The molecule has 0 aliphatic carbocycles. The van der Waals surface area contributed by atoms with Gasteiger partial charge in [0.05, 0.1) is 6.54 Å². The largest absolute Gasteiger partial charge is 0.369 e. The van der Waals surface area contributed by atoms with Crippen LogP contribution in [0.3, 0.4) is 0 Å². The molecule has 2 heterocycles. The molecule has 1 aliphatic rings. The van der Waals surface area contributed by atoms with Crippen LogP contribution in [-0.4, -0.2) is 41.7 Å². The molecule has 6 nitrogen and oxygen atoms in total. The first-order valence-corrected chi connectivity index (χ1v) is 8.47. The van der Waals surface area contributed by atoms with Crippen molar-refractivity contribution in [3.05, 3.63) is 47.5 Å². The third-order valence-electron chi connectivity index (χ3n) is 4.26. The minimum absolute atomic E-state index is 0.358. The van der Waals surface area contributed by atoms with Gasteiger partial charge in [-0.25, -0.2) is 4.98 Å². The SMILES string of the molecule is CN=C(NCc1nccn1C)NC1CCN(c2cccc(Cl)c2)C1. The van der Waals surface area contributed by atoms with Crippen molar-refractivity contribution >= 4 is 23.2 Å². The molecule has 128 valence electrons. The maximum Gasteiger partial charge on any atom is 0.191 e. The number of nitrogens with zero attached hydrogens (tertiary/aromatic N) is 4. The molecule has 1 aliphatic heterocycles. The predicted octanol–water partition coefficient (Wildman–Crippen LogP) is 2.02. The number of rotatable bonds is 4. The summed E-state index contributed by atoms with van der Waals surface area (Å²) in [4.78, 5) is 11.0. The first kappa shape index (κ1) is 16.6. The van der Waals surface area contributed by atoms with Gasteiger partial charge < -0.3 is 20.1 Å². The molecule has 0 radical (unpaired) electrons. The van der Waals surface area contributed by atoms with Crippen molar-refractivity contribution < 1.29 is 0 Å². The van der Waals surface area contributed by atoms with Crippen molar-refractivity contribution in [3.63, 3.8) is 0 Å². The summed E-state index contributed by atoms with van der Waals surface area (Å²) in [5, 5.41) is 7.58. The molecule has 1 atom stereocenters. The maximum absolute atomic E-state index is 6.09. The van der Waals surface area contributed by atoms with E-state index < -0.39 is 0 Å². The number of imidazole rings is 1. The van der Waals surface area contributed by atoms with E-state index in [0.29, 0.717) is 12.6 Å². The highest BCUT2D eigenvalue weighted by Crippen LogP contribution is 2.23. The minimum atomic E-state index is 0.358. The average molecular weight is 347 g/mol. The van der Waals surface area contributed by atoms with Crippen LogP contribution in [0.25, 0.3) is 0 Å². The molecule has 0 bridgehead atoms. The standard InChI is InChI=1S/C17H23ClN6/c1-19-17(21-11-16-20-7-9-23(16)2)22-14-6-8-24(12-14)15-5-3-4-13(18)10-15/h3-5,7,9-10,14H,6,8,11-12H2,1-2H3,(H2,19,21,22). The van der Waals surface area contributed by atoms with Crippen molar-refractivity contribution in [1.29, 1.82) is 0 Å². The lowest BCUT2D eigenvalue weighted by Crippen LogP contribution is -2.44. The summed E-state index contributed by atoms with van der Waals surface area (Å²) in [5.74, 6) is 1.78. The lowest BCUT2D eigenvalue weighted by atomic mass is 10.3. The number of guanidine groups is 1. The zero-order valence-electron chi connectivity index (χ0n) is 14.0. The van der Waals surface area contributed by atoms with E-state index in [-0.39, 0.29) is 0 Å². The number of aromatic nitrogens is 2. The summed E-state index contributed by atoms with van der Waals surface area (Å²) in [6.07, 6.45) is 4.80. The summed E-state index contributed by atoms with van der Waals surface area (Å²) in [6.45, 7) is 2.59. The van der Waals surface area contributed by atoms with Gasteiger partial charge in [0.1, 0.15) is 5.82 Å². The lowest BCUT2D eigenvalue weighted by Gasteiger charge is -2.20. The van der Waals surface area contributed by atoms with Crippen molar-refractivity contribution in [2.75, 3.05) is 25.0 Å². The van der Waals surface area contributed by atoms with E-state index in [9.17, 15) is 0 Å². The van der Waals surface area contributed by atoms with Crippen LogP contribution >= 0.6 is 11.6 Å². The zero-order chi connectivity index (χ0) is 16.9. The molecular formula is C17H23ClN6. The van der Waals surface area contributed by atoms with Gasteiger partial charge in [-0.15, -0.1) is 0 Å². The van der Waals surface area contributed by atoms with Crippen LogP contribution in [0.4, 0.5) is 5.69 Å². The van der Waals surface area contributed by atoms with Crippen LogP contribution in [0, 0.1) is 0 Å². The van der Waals surface area contributed by atoms with E-state index in [2.05, 4.69) is 31.6 Å². The fourth-order valence-corrected chi connectivity index (χ4v) is 3.09. The van der Waals surface area contributed by atoms with E-state index >= 15 is 0 Å². The first-order valence-electron chi connectivity index (χ1n) is 8.09. The van der Waals surface area contributed by atoms with E-state index in [1.807, 2.05) is 36.0 Å². The third-order valence-corrected chi connectivity index (χ3v) is 4.50. The van der Waals surface area contributed by atoms with Gasteiger partial charge in [0.15, 0.2) is 5.96 Å². The number of hydrogen-bond acceptors (Lipinski definition) is 3. The van der Waals surface area contributed by atoms with Gasteiger partial charge in [0.2, 0.25) is 0 Å². The van der Waals surface area contributed by atoms with Crippen molar-refractivity contribution in [2.45, 2.75) is 19.0 Å². The van der Waals surface area contributed by atoms with E-state index in [1.165, 1.54) is 5.69 Å². The summed E-state index contributed by atoms with van der Waals surface area (Å²) in [6, 6.07) is 8.36. The second kappa shape index (κ2) is 7.57. The van der Waals surface area contributed by atoms with Crippen molar-refractivity contribution in [2.24, 2.45) is 12.0 Å². The Kier molecular flexibility index (Phi) is 5.25. The maximum atomic E-state index is 6.09. The number of aryl methyl sites for hydroxylation is 1. The van der Waals surface area contributed by atoms with Crippen LogP contribution in [-0.2, 0) is 13.6 Å². The summed E-state index contributed by atoms with van der Waals surface area (Å²) in [5.41, 5.74) is 1.17. The second-order valence-corrected chi connectivity index (χ2v) is 6.37. The Morgan fingerprint density at radius 2 is 2.33 bits per heavy atom. The highest BCUT2D eigenvalue weighted by atomic mass is 35.5. The number of hydrogen-bond donors (Lipinski definition) is 2. The molecule has 1 saturated heterocycles. The van der Waals surface area contributed by atoms with Crippen molar-refractivity contribution in [3.8, 4) is 0 Å². The van der Waals surface area contributed by atoms with Gasteiger partial charge in [-0.05, 0) is 24.6 Å². The fraction of sp³-hybridized carbons (Fsp3) is 0.412. The van der Waals surface area contributed by atoms with Crippen LogP contribution in [0.1, 0.15) is 12.2 Å². The Labute approximate surface area is 147 Å². The molecule has 1 fully saturated rings. The van der Waals surface area contributed by atoms with E-state index in [4.69, 9.17) is 11.6 Å². The number of anilines is 1. The second-order valence-electron chi connectivity index (χ2n) is 5.94. The number of nitrogens with one attached hydrogen (secondary N) is 2. The molecule has 3 rings (SSSR count). The molecule has 0 saturated carbocycles. The normalized spacial score (nSPS) is 18.0. The number of aliphatic imine (C=N–C) groups is 1. The van der Waals surface area contributed by atoms with Crippen LogP contribution in [0.2, 0.25) is 5.02 Å². The monoisotopic (exact) mass is 346 g/mol. The minimum Gasteiger partial charge on any atom is -0.369 e. The van der Waals surface area contributed by atoms with Crippen LogP contribution in [0.5, 0.6) is 0 Å². The zero-order valence-corrected chi connectivity index (χ0v) is 14.8. The topological polar surface area (TPSA) is 57.5 Å². The van der Waals surface area contributed by atoms with Crippen LogP contribution < -0.4 is 15.5 Å². The fourth-order valence-electron chi connectivity index (χ4n) is 2.90. The first-order chi connectivity index (χ1) is 11.7. The Bertz CT molecular complexity index is 711. The van der Waals surface area contributed by atoms with Gasteiger partial charge in [-0.1, -0.05) is 17.7 Å². The molecule has 24 heavy (non-hydrogen) atoms. The Morgan fingerprint density at radius 3 is 3.04 bits per heavy atom. The smallest absolute Gasteiger partial charge is 0.191 e. The average Bonchev–Trinajstić information content (AvgIpc) is 3.20. The quantitative estimate of drug-likeness (QED) is 0.657. The lowest BCUT2D eigenvalue weighted by molar-refractivity contribution is 0.641. The van der Waals surface area contributed by atoms with E-state index in [0.717, 1.165) is 36.3 Å². The molecule has 1 aromatic carbocycles. The van der Waals surface area contributed by atoms with Gasteiger partial charge in [0.25, 0.3) is 0 Å². The molecule has 1 unspecified atom stereocenters. The summed E-state index contributed by atoms with van der Waals surface area (Å²) >= 11 is 6.09.